The maximum atomic E-state index is 12.1. The van der Waals surface area contributed by atoms with Crippen molar-refractivity contribution in [1.82, 2.24) is 24.7 Å². The van der Waals surface area contributed by atoms with Crippen LogP contribution in [0.5, 0.6) is 0 Å². The van der Waals surface area contributed by atoms with Crippen molar-refractivity contribution in [1.29, 1.82) is 0 Å². The Bertz CT molecular complexity index is 940. The van der Waals surface area contributed by atoms with Crippen molar-refractivity contribution in [2.45, 2.75) is 25.8 Å². The molecule has 4 rings (SSSR count). The number of hydrogen-bond acceptors (Lipinski definition) is 6. The molecule has 8 heteroatoms. The van der Waals surface area contributed by atoms with Gasteiger partial charge in [-0.3, -0.25) is 14.5 Å². The molecule has 0 atom stereocenters. The number of aromatic amines is 1. The quantitative estimate of drug-likeness (QED) is 0.751. The molecule has 8 nitrogen and oxygen atoms in total. The van der Waals surface area contributed by atoms with Crippen LogP contribution in [0.2, 0.25) is 0 Å². The van der Waals surface area contributed by atoms with Crippen LogP contribution in [-0.4, -0.2) is 37.8 Å². The Morgan fingerprint density at radius 2 is 2.12 bits per heavy atom. The first-order valence-electron chi connectivity index (χ1n) is 8.56. The number of rotatable bonds is 4. The second kappa shape index (κ2) is 6.54. The van der Waals surface area contributed by atoms with E-state index in [0.717, 1.165) is 24.5 Å². The Hall–Kier alpha value is -2.90. The van der Waals surface area contributed by atoms with E-state index in [1.54, 1.807) is 11.7 Å². The zero-order chi connectivity index (χ0) is 17.2. The molecule has 130 valence electrons. The molecule has 0 bridgehead atoms. The lowest BCUT2D eigenvalue weighted by molar-refractivity contribution is 0.573. The number of hydrogen-bond donors (Lipinski definition) is 2. The van der Waals surface area contributed by atoms with Gasteiger partial charge in [0.15, 0.2) is 5.65 Å². The highest BCUT2D eigenvalue weighted by Crippen LogP contribution is 2.18. The molecule has 0 aromatic carbocycles. The number of fused-ring (bicyclic) bond motifs is 1. The van der Waals surface area contributed by atoms with Crippen molar-refractivity contribution < 1.29 is 0 Å². The van der Waals surface area contributed by atoms with Crippen LogP contribution in [0.15, 0.2) is 29.3 Å². The van der Waals surface area contributed by atoms with Crippen LogP contribution in [0, 0.1) is 0 Å². The van der Waals surface area contributed by atoms with Gasteiger partial charge in [-0.2, -0.15) is 10.1 Å². The predicted molar refractivity (Wildman–Crippen MR) is 96.8 cm³/mol. The predicted octanol–water partition coefficient (Wildman–Crippen LogP) is 1.65. The van der Waals surface area contributed by atoms with E-state index in [4.69, 9.17) is 0 Å². The Morgan fingerprint density at radius 1 is 1.28 bits per heavy atom. The van der Waals surface area contributed by atoms with Crippen molar-refractivity contribution in [2.24, 2.45) is 7.05 Å². The summed E-state index contributed by atoms with van der Waals surface area (Å²) in [5.74, 6) is 1.46. The average Bonchev–Trinajstić information content (AvgIpc) is 3.03. The summed E-state index contributed by atoms with van der Waals surface area (Å²) in [6.07, 6.45) is 7.10. The molecular weight excluding hydrogens is 318 g/mol. The molecule has 1 fully saturated rings. The van der Waals surface area contributed by atoms with Gasteiger partial charge >= 0.3 is 0 Å². The highest BCUT2D eigenvalue weighted by atomic mass is 16.1. The fraction of sp³-hybridized carbons (Fsp3) is 0.412. The summed E-state index contributed by atoms with van der Waals surface area (Å²) in [4.78, 5) is 26.1. The molecule has 0 aliphatic carbocycles. The molecule has 3 aromatic rings. The normalized spacial score (nSPS) is 14.8. The Morgan fingerprint density at radius 3 is 2.96 bits per heavy atom. The Balaban J connectivity index is 1.51. The van der Waals surface area contributed by atoms with Gasteiger partial charge in [-0.1, -0.05) is 0 Å². The summed E-state index contributed by atoms with van der Waals surface area (Å²) < 4.78 is 1.59. The third-order valence-electron chi connectivity index (χ3n) is 4.55. The first kappa shape index (κ1) is 15.6. The fourth-order valence-electron chi connectivity index (χ4n) is 3.17. The van der Waals surface area contributed by atoms with Crippen LogP contribution in [-0.2, 0) is 13.6 Å². The highest BCUT2D eigenvalue weighted by Gasteiger charge is 2.12. The van der Waals surface area contributed by atoms with Gasteiger partial charge < -0.3 is 10.2 Å². The summed E-state index contributed by atoms with van der Waals surface area (Å²) in [7, 11) is 1.77. The molecule has 4 heterocycles. The summed E-state index contributed by atoms with van der Waals surface area (Å²) in [6.45, 7) is 2.70. The van der Waals surface area contributed by atoms with Crippen molar-refractivity contribution >= 4 is 22.8 Å². The number of nitrogens with one attached hydrogen (secondary N) is 2. The molecule has 0 amide bonds. The highest BCUT2D eigenvalue weighted by molar-refractivity contribution is 5.74. The van der Waals surface area contributed by atoms with Crippen LogP contribution < -0.4 is 15.8 Å². The van der Waals surface area contributed by atoms with Crippen LogP contribution in [0.4, 0.5) is 11.8 Å². The Kier molecular flexibility index (Phi) is 4.09. The maximum absolute atomic E-state index is 12.1. The minimum atomic E-state index is -0.190. The first-order chi connectivity index (χ1) is 12.2. The first-order valence-corrected chi connectivity index (χ1v) is 8.56. The van der Waals surface area contributed by atoms with Gasteiger partial charge in [0.25, 0.3) is 5.56 Å². The van der Waals surface area contributed by atoms with Crippen LogP contribution >= 0.6 is 0 Å². The van der Waals surface area contributed by atoms with Gasteiger partial charge in [0.1, 0.15) is 11.2 Å². The molecular formula is C17H21N7O. The van der Waals surface area contributed by atoms with Gasteiger partial charge in [0, 0.05) is 32.9 Å². The SMILES string of the molecule is Cn1ncc2c(=O)[nH]c(NCc3ccnc(N4CCCCC4)c3)nc21. The smallest absolute Gasteiger partial charge is 0.263 e. The number of pyridine rings is 1. The monoisotopic (exact) mass is 339 g/mol. The molecule has 25 heavy (non-hydrogen) atoms. The van der Waals surface area contributed by atoms with Gasteiger partial charge in [-0.15, -0.1) is 0 Å². The van der Waals surface area contributed by atoms with Gasteiger partial charge in [-0.05, 0) is 37.0 Å². The molecule has 0 unspecified atom stereocenters. The van der Waals surface area contributed by atoms with Gasteiger partial charge in [0.05, 0.1) is 6.20 Å². The number of aryl methyl sites for hydroxylation is 1. The van der Waals surface area contributed by atoms with E-state index in [0.29, 0.717) is 23.5 Å². The number of nitrogens with zero attached hydrogens (tertiary/aromatic N) is 5. The van der Waals surface area contributed by atoms with Gasteiger partial charge in [0.2, 0.25) is 5.95 Å². The molecule has 1 saturated heterocycles. The van der Waals surface area contributed by atoms with E-state index in [9.17, 15) is 4.79 Å². The lowest BCUT2D eigenvalue weighted by Gasteiger charge is -2.27. The molecule has 0 radical (unpaired) electrons. The zero-order valence-electron chi connectivity index (χ0n) is 14.2. The van der Waals surface area contributed by atoms with E-state index in [-0.39, 0.29) is 5.56 Å². The van der Waals surface area contributed by atoms with Crippen LogP contribution in [0.3, 0.4) is 0 Å². The second-order valence-electron chi connectivity index (χ2n) is 6.34. The molecule has 0 spiro atoms. The molecule has 0 saturated carbocycles. The van der Waals surface area contributed by atoms with Crippen LogP contribution in [0.25, 0.3) is 11.0 Å². The summed E-state index contributed by atoms with van der Waals surface area (Å²) in [5, 5.41) is 7.75. The number of H-pyrrole nitrogens is 1. The van der Waals surface area contributed by atoms with Gasteiger partial charge in [-0.25, -0.2) is 4.98 Å². The van der Waals surface area contributed by atoms with E-state index in [1.807, 2.05) is 12.3 Å². The molecule has 1 aliphatic rings. The van der Waals surface area contributed by atoms with E-state index in [1.165, 1.54) is 25.5 Å². The topological polar surface area (TPSA) is 91.7 Å². The molecule has 3 aromatic heterocycles. The van der Waals surface area contributed by atoms with Crippen molar-refractivity contribution in [3.63, 3.8) is 0 Å². The second-order valence-corrected chi connectivity index (χ2v) is 6.34. The number of anilines is 2. The average molecular weight is 339 g/mol. The van der Waals surface area contributed by atoms with E-state index >= 15 is 0 Å². The number of piperidine rings is 1. The lowest BCUT2D eigenvalue weighted by atomic mass is 10.1. The summed E-state index contributed by atoms with van der Waals surface area (Å²) in [6, 6.07) is 4.07. The third-order valence-corrected chi connectivity index (χ3v) is 4.55. The van der Waals surface area contributed by atoms with Crippen molar-refractivity contribution in [2.75, 3.05) is 23.3 Å². The summed E-state index contributed by atoms with van der Waals surface area (Å²) >= 11 is 0. The maximum Gasteiger partial charge on any atom is 0.263 e. The molecule has 2 N–H and O–H groups in total. The van der Waals surface area contributed by atoms with Crippen molar-refractivity contribution in [3.8, 4) is 0 Å². The molecule has 1 aliphatic heterocycles. The van der Waals surface area contributed by atoms with E-state index < -0.39 is 0 Å². The minimum absolute atomic E-state index is 0.190. The standard InChI is InChI=1S/C17H21N7O/c1-23-15-13(11-20-23)16(25)22-17(21-15)19-10-12-5-6-18-14(9-12)24-7-3-2-4-8-24/h5-6,9,11H,2-4,7-8,10H2,1H3,(H2,19,21,22,25). The van der Waals surface area contributed by atoms with Crippen LogP contribution in [0.1, 0.15) is 24.8 Å². The van der Waals surface area contributed by atoms with E-state index in [2.05, 4.69) is 36.3 Å². The summed E-state index contributed by atoms with van der Waals surface area (Å²) in [5.41, 5.74) is 1.47. The lowest BCUT2D eigenvalue weighted by Crippen LogP contribution is -2.30. The number of aromatic nitrogens is 5. The Labute approximate surface area is 144 Å². The zero-order valence-corrected chi connectivity index (χ0v) is 14.2. The fourth-order valence-corrected chi connectivity index (χ4v) is 3.17. The third kappa shape index (κ3) is 3.19. The van der Waals surface area contributed by atoms with Crippen molar-refractivity contribution in [3.05, 3.63) is 40.4 Å². The minimum Gasteiger partial charge on any atom is -0.357 e. The largest absolute Gasteiger partial charge is 0.357 e.